The summed E-state index contributed by atoms with van der Waals surface area (Å²) in [4.78, 5) is 0. The van der Waals surface area contributed by atoms with Crippen LogP contribution in [0.2, 0.25) is 0 Å². The third kappa shape index (κ3) is 5.59. The standard InChI is InChI=1S/C57H39NS/c1-3-15-37(16-4-1)29-31-45-44-21-7-8-24-49(44)56-43(25-14-26-50(45)56)41-30-32-47-46-22-9-11-27-53(46)58(54(47)34-41)42-35-51(57-52(36-42)48-23-10-12-28-55(48)59-57)40-20-13-19-39(33-40)38-17-5-2-6-18-38/h1-28,30,32-36,45H,29,31H2. The van der Waals surface area contributed by atoms with Crippen LogP contribution in [0.25, 0.3) is 92.2 Å². The molecular formula is C57H39NS. The van der Waals surface area contributed by atoms with Crippen LogP contribution in [0, 0.1) is 0 Å². The van der Waals surface area contributed by atoms with E-state index in [9.17, 15) is 0 Å². The summed E-state index contributed by atoms with van der Waals surface area (Å²) in [6.45, 7) is 0. The van der Waals surface area contributed by atoms with Crippen molar-refractivity contribution in [2.24, 2.45) is 0 Å². The number of para-hydroxylation sites is 1. The van der Waals surface area contributed by atoms with Crippen LogP contribution in [0.1, 0.15) is 29.0 Å². The van der Waals surface area contributed by atoms with E-state index in [0.717, 1.165) is 12.8 Å². The predicted octanol–water partition coefficient (Wildman–Crippen LogP) is 15.9. The number of thiophene rings is 1. The molecule has 1 atom stereocenters. The Morgan fingerprint density at radius 3 is 1.97 bits per heavy atom. The summed E-state index contributed by atoms with van der Waals surface area (Å²) in [7, 11) is 0. The molecule has 9 aromatic carbocycles. The van der Waals surface area contributed by atoms with Gasteiger partial charge in [-0.2, -0.15) is 0 Å². The third-order valence-electron chi connectivity index (χ3n) is 12.6. The Morgan fingerprint density at radius 2 is 1.07 bits per heavy atom. The maximum Gasteiger partial charge on any atom is 0.0547 e. The van der Waals surface area contributed by atoms with Gasteiger partial charge in [-0.25, -0.2) is 0 Å². The van der Waals surface area contributed by atoms with Gasteiger partial charge in [-0.1, -0.05) is 170 Å². The maximum absolute atomic E-state index is 2.52. The summed E-state index contributed by atoms with van der Waals surface area (Å²) in [5.41, 5.74) is 18.1. The highest BCUT2D eigenvalue weighted by atomic mass is 32.1. The molecule has 0 saturated carbocycles. The molecule has 2 heterocycles. The third-order valence-corrected chi connectivity index (χ3v) is 13.8. The fourth-order valence-electron chi connectivity index (χ4n) is 9.93. The number of hydrogen-bond donors (Lipinski definition) is 0. The first-order valence-electron chi connectivity index (χ1n) is 20.7. The second-order valence-corrected chi connectivity index (χ2v) is 17.0. The van der Waals surface area contributed by atoms with Crippen molar-refractivity contribution in [3.8, 4) is 50.2 Å². The highest BCUT2D eigenvalue weighted by Gasteiger charge is 2.30. The van der Waals surface area contributed by atoms with Gasteiger partial charge in [-0.3, -0.25) is 0 Å². The largest absolute Gasteiger partial charge is 0.309 e. The van der Waals surface area contributed by atoms with E-state index < -0.39 is 0 Å². The van der Waals surface area contributed by atoms with E-state index in [1.54, 1.807) is 0 Å². The summed E-state index contributed by atoms with van der Waals surface area (Å²) < 4.78 is 5.15. The topological polar surface area (TPSA) is 4.93 Å². The number of nitrogens with zero attached hydrogens (tertiary/aromatic N) is 1. The molecule has 0 amide bonds. The van der Waals surface area contributed by atoms with Gasteiger partial charge in [0.15, 0.2) is 0 Å². The molecule has 1 aliphatic carbocycles. The van der Waals surface area contributed by atoms with Crippen LogP contribution in [0.15, 0.2) is 206 Å². The summed E-state index contributed by atoms with van der Waals surface area (Å²) in [6, 6.07) is 76.7. The first kappa shape index (κ1) is 34.1. The van der Waals surface area contributed by atoms with E-state index >= 15 is 0 Å². The SMILES string of the molecule is c1ccc(CCC2c3ccccc3-c3c(-c4ccc5c6ccccc6n(-c6cc(-c7cccc(-c8ccccc8)c7)c7sc8ccccc8c7c6)c5c4)cccc32)cc1. The van der Waals surface area contributed by atoms with Crippen molar-refractivity contribution in [2.45, 2.75) is 18.8 Å². The Kier molecular flexibility index (Phi) is 7.99. The molecule has 1 unspecified atom stereocenters. The molecule has 2 heteroatoms. The Balaban J connectivity index is 1.07. The molecule has 0 fully saturated rings. The first-order valence-corrected chi connectivity index (χ1v) is 21.5. The highest BCUT2D eigenvalue weighted by molar-refractivity contribution is 7.26. The quantitative estimate of drug-likeness (QED) is 0.152. The zero-order valence-corrected chi connectivity index (χ0v) is 33.3. The second kappa shape index (κ2) is 13.8. The van der Waals surface area contributed by atoms with E-state index in [1.807, 2.05) is 11.3 Å². The molecular weight excluding hydrogens is 731 g/mol. The lowest BCUT2D eigenvalue weighted by atomic mass is 9.89. The maximum atomic E-state index is 2.52. The average Bonchev–Trinajstić information content (AvgIpc) is 3.96. The lowest BCUT2D eigenvalue weighted by molar-refractivity contribution is 0.729. The Morgan fingerprint density at radius 1 is 0.407 bits per heavy atom. The fraction of sp³-hybridized carbons (Fsp3) is 0.0526. The van der Waals surface area contributed by atoms with E-state index in [1.165, 1.54) is 109 Å². The molecule has 0 saturated heterocycles. The van der Waals surface area contributed by atoms with Crippen molar-refractivity contribution in [1.29, 1.82) is 0 Å². The molecule has 11 aromatic rings. The monoisotopic (exact) mass is 769 g/mol. The Hall–Kier alpha value is -7.00. The van der Waals surface area contributed by atoms with Gasteiger partial charge in [0.1, 0.15) is 0 Å². The Labute approximate surface area is 348 Å². The van der Waals surface area contributed by atoms with Crippen molar-refractivity contribution in [2.75, 3.05) is 0 Å². The van der Waals surface area contributed by atoms with Gasteiger partial charge >= 0.3 is 0 Å². The summed E-state index contributed by atoms with van der Waals surface area (Å²) in [5.74, 6) is 0.363. The van der Waals surface area contributed by atoms with Crippen molar-refractivity contribution in [3.63, 3.8) is 0 Å². The molecule has 0 spiro atoms. The minimum Gasteiger partial charge on any atom is -0.309 e. The van der Waals surface area contributed by atoms with Crippen molar-refractivity contribution in [1.82, 2.24) is 4.57 Å². The lowest BCUT2D eigenvalue weighted by Gasteiger charge is -2.15. The molecule has 1 nitrogen and oxygen atoms in total. The van der Waals surface area contributed by atoms with E-state index in [4.69, 9.17) is 0 Å². The minimum atomic E-state index is 0.363. The molecule has 0 N–H and O–H groups in total. The fourth-order valence-corrected chi connectivity index (χ4v) is 11.2. The number of fused-ring (bicyclic) bond motifs is 9. The molecule has 0 aliphatic heterocycles. The van der Waals surface area contributed by atoms with Gasteiger partial charge in [0.2, 0.25) is 0 Å². The zero-order chi connectivity index (χ0) is 38.9. The number of rotatable bonds is 7. The predicted molar refractivity (Wildman–Crippen MR) is 252 cm³/mol. The number of aryl methyl sites for hydroxylation is 1. The first-order chi connectivity index (χ1) is 29.3. The van der Waals surface area contributed by atoms with Crippen LogP contribution in [-0.4, -0.2) is 4.57 Å². The van der Waals surface area contributed by atoms with Crippen molar-refractivity contribution >= 4 is 53.3 Å². The summed E-state index contributed by atoms with van der Waals surface area (Å²) in [5, 5.41) is 5.13. The van der Waals surface area contributed by atoms with Crippen molar-refractivity contribution < 1.29 is 0 Å². The summed E-state index contributed by atoms with van der Waals surface area (Å²) in [6.07, 6.45) is 2.14. The van der Waals surface area contributed by atoms with Crippen LogP contribution in [0.3, 0.4) is 0 Å². The number of aromatic nitrogens is 1. The zero-order valence-electron chi connectivity index (χ0n) is 32.5. The van der Waals surface area contributed by atoms with Gasteiger partial charge in [-0.05, 0) is 105 Å². The van der Waals surface area contributed by atoms with E-state index in [-0.39, 0.29) is 0 Å². The number of hydrogen-bond acceptors (Lipinski definition) is 1. The smallest absolute Gasteiger partial charge is 0.0547 e. The average molecular weight is 770 g/mol. The van der Waals surface area contributed by atoms with Gasteiger partial charge < -0.3 is 4.57 Å². The normalized spacial score (nSPS) is 13.4. The van der Waals surface area contributed by atoms with E-state index in [0.29, 0.717) is 5.92 Å². The van der Waals surface area contributed by atoms with Crippen molar-refractivity contribution in [3.05, 3.63) is 223 Å². The van der Waals surface area contributed by atoms with Gasteiger partial charge in [0.05, 0.1) is 11.0 Å². The molecule has 12 rings (SSSR count). The molecule has 0 bridgehead atoms. The van der Waals surface area contributed by atoms with Crippen LogP contribution in [-0.2, 0) is 6.42 Å². The summed E-state index contributed by atoms with van der Waals surface area (Å²) >= 11 is 1.90. The molecule has 59 heavy (non-hydrogen) atoms. The van der Waals surface area contributed by atoms with Gasteiger partial charge in [0, 0.05) is 48.1 Å². The Bertz CT molecular complexity index is 3390. The molecule has 0 radical (unpaired) electrons. The van der Waals surface area contributed by atoms with Gasteiger partial charge in [0.25, 0.3) is 0 Å². The van der Waals surface area contributed by atoms with Crippen LogP contribution >= 0.6 is 11.3 Å². The lowest BCUT2D eigenvalue weighted by Crippen LogP contribution is -1.99. The van der Waals surface area contributed by atoms with Crippen LogP contribution in [0.5, 0.6) is 0 Å². The van der Waals surface area contributed by atoms with Crippen LogP contribution < -0.4 is 0 Å². The highest BCUT2D eigenvalue weighted by Crippen LogP contribution is 2.51. The minimum absolute atomic E-state index is 0.363. The molecule has 278 valence electrons. The molecule has 2 aromatic heterocycles. The van der Waals surface area contributed by atoms with Gasteiger partial charge in [-0.15, -0.1) is 11.3 Å². The van der Waals surface area contributed by atoms with Crippen LogP contribution in [0.4, 0.5) is 0 Å². The second-order valence-electron chi connectivity index (χ2n) is 15.9. The van der Waals surface area contributed by atoms with E-state index in [2.05, 4.69) is 211 Å². The molecule has 1 aliphatic rings. The number of benzene rings is 9.